The molecule has 1 aromatic carbocycles. The quantitative estimate of drug-likeness (QED) is 0.623. The van der Waals surface area contributed by atoms with E-state index in [4.69, 9.17) is 0 Å². The highest BCUT2D eigenvalue weighted by Crippen LogP contribution is 2.37. The fourth-order valence-corrected chi connectivity index (χ4v) is 4.45. The first-order valence-corrected chi connectivity index (χ1v) is 10.5. The summed E-state index contributed by atoms with van der Waals surface area (Å²) in [6, 6.07) is 4.19. The third kappa shape index (κ3) is 3.63. The van der Waals surface area contributed by atoms with Crippen LogP contribution in [0.15, 0.2) is 41.8 Å². The summed E-state index contributed by atoms with van der Waals surface area (Å²) in [5.41, 5.74) is 1.16. The first-order chi connectivity index (χ1) is 15.5. The normalized spacial score (nSPS) is 20.8. The SMILES string of the molecule is O=NC1CCN(C(=O)Nc2cnn3ccc(N4CCCC4c4cc(F)ccc4F)nc23)C1. The van der Waals surface area contributed by atoms with Crippen LogP contribution in [0, 0.1) is 16.5 Å². The molecule has 9 nitrogen and oxygen atoms in total. The van der Waals surface area contributed by atoms with Gasteiger partial charge in [-0.3, -0.25) is 0 Å². The molecule has 5 rings (SSSR count). The number of fused-ring (bicyclic) bond motifs is 1. The van der Waals surface area contributed by atoms with Crippen LogP contribution < -0.4 is 10.2 Å². The Labute approximate surface area is 182 Å². The number of likely N-dealkylation sites (tertiary alicyclic amines) is 1. The molecular formula is C21H21F2N7O2. The number of amides is 2. The summed E-state index contributed by atoms with van der Waals surface area (Å²) in [5, 5.41) is 10.0. The Hall–Kier alpha value is -3.63. The summed E-state index contributed by atoms with van der Waals surface area (Å²) < 4.78 is 29.7. The number of aromatic nitrogens is 3. The lowest BCUT2D eigenvalue weighted by atomic mass is 10.0. The van der Waals surface area contributed by atoms with Crippen molar-refractivity contribution in [3.8, 4) is 0 Å². The van der Waals surface area contributed by atoms with E-state index in [-0.39, 0.29) is 24.7 Å². The first kappa shape index (κ1) is 20.3. The maximum absolute atomic E-state index is 14.4. The van der Waals surface area contributed by atoms with Gasteiger partial charge in [0, 0.05) is 31.4 Å². The molecule has 2 atom stereocenters. The van der Waals surface area contributed by atoms with Gasteiger partial charge in [-0.25, -0.2) is 23.1 Å². The molecule has 2 saturated heterocycles. The number of hydrogen-bond donors (Lipinski definition) is 1. The van der Waals surface area contributed by atoms with Crippen molar-refractivity contribution >= 4 is 23.2 Å². The van der Waals surface area contributed by atoms with Crippen molar-refractivity contribution in [2.24, 2.45) is 5.18 Å². The Morgan fingerprint density at radius 2 is 2.06 bits per heavy atom. The maximum atomic E-state index is 14.4. The van der Waals surface area contributed by atoms with E-state index in [0.717, 1.165) is 18.6 Å². The minimum atomic E-state index is -0.480. The maximum Gasteiger partial charge on any atom is 0.322 e. The van der Waals surface area contributed by atoms with E-state index in [2.05, 4.69) is 20.6 Å². The fourth-order valence-electron chi connectivity index (χ4n) is 4.45. The summed E-state index contributed by atoms with van der Waals surface area (Å²) >= 11 is 0. The zero-order chi connectivity index (χ0) is 22.2. The smallest absolute Gasteiger partial charge is 0.322 e. The number of carbonyl (C=O) groups excluding carboxylic acids is 1. The highest BCUT2D eigenvalue weighted by atomic mass is 19.1. The van der Waals surface area contributed by atoms with E-state index >= 15 is 0 Å². The van der Waals surface area contributed by atoms with Crippen LogP contribution in [-0.2, 0) is 0 Å². The second kappa shape index (κ2) is 8.13. The van der Waals surface area contributed by atoms with Crippen LogP contribution in [-0.4, -0.2) is 51.2 Å². The van der Waals surface area contributed by atoms with Crippen LogP contribution in [0.25, 0.3) is 5.65 Å². The predicted octanol–water partition coefficient (Wildman–Crippen LogP) is 3.72. The Morgan fingerprint density at radius 3 is 2.88 bits per heavy atom. The third-order valence-corrected chi connectivity index (χ3v) is 6.06. The van der Waals surface area contributed by atoms with E-state index in [1.54, 1.807) is 12.3 Å². The number of nitrogens with one attached hydrogen (secondary N) is 1. The second-order valence-corrected chi connectivity index (χ2v) is 8.05. The van der Waals surface area contributed by atoms with Crippen molar-refractivity contribution in [2.75, 3.05) is 29.9 Å². The number of anilines is 2. The lowest BCUT2D eigenvalue weighted by Gasteiger charge is -2.26. The van der Waals surface area contributed by atoms with E-state index in [0.29, 0.717) is 48.6 Å². The van der Waals surface area contributed by atoms with Gasteiger partial charge in [0.1, 0.15) is 29.2 Å². The van der Waals surface area contributed by atoms with Gasteiger partial charge in [0.2, 0.25) is 0 Å². The van der Waals surface area contributed by atoms with Crippen LogP contribution in [0.4, 0.5) is 25.1 Å². The molecule has 2 unspecified atom stereocenters. The average Bonchev–Trinajstić information content (AvgIpc) is 3.55. The number of hydrogen-bond acceptors (Lipinski definition) is 6. The molecule has 0 spiro atoms. The van der Waals surface area contributed by atoms with Crippen molar-refractivity contribution in [1.29, 1.82) is 0 Å². The van der Waals surface area contributed by atoms with Crippen molar-refractivity contribution < 1.29 is 13.6 Å². The molecule has 4 heterocycles. The molecule has 2 amide bonds. The molecule has 2 fully saturated rings. The number of benzene rings is 1. The molecule has 0 aliphatic carbocycles. The van der Waals surface area contributed by atoms with E-state index in [1.165, 1.54) is 21.7 Å². The number of halogens is 2. The van der Waals surface area contributed by atoms with Crippen molar-refractivity contribution in [2.45, 2.75) is 31.3 Å². The topological polar surface area (TPSA) is 95.2 Å². The highest BCUT2D eigenvalue weighted by Gasteiger charge is 2.31. The minimum Gasteiger partial charge on any atom is -0.349 e. The summed E-state index contributed by atoms with van der Waals surface area (Å²) in [6.07, 6.45) is 5.26. The predicted molar refractivity (Wildman–Crippen MR) is 113 cm³/mol. The van der Waals surface area contributed by atoms with Crippen molar-refractivity contribution in [1.82, 2.24) is 19.5 Å². The second-order valence-electron chi connectivity index (χ2n) is 8.05. The molecule has 0 saturated carbocycles. The zero-order valence-electron chi connectivity index (χ0n) is 17.1. The van der Waals surface area contributed by atoms with Gasteiger partial charge in [0.15, 0.2) is 5.65 Å². The van der Waals surface area contributed by atoms with Gasteiger partial charge in [-0.2, -0.15) is 10.0 Å². The lowest BCUT2D eigenvalue weighted by molar-refractivity contribution is 0.222. The molecule has 0 radical (unpaired) electrons. The summed E-state index contributed by atoms with van der Waals surface area (Å²) in [5.74, 6) is -0.340. The Morgan fingerprint density at radius 1 is 1.19 bits per heavy atom. The summed E-state index contributed by atoms with van der Waals surface area (Å²) in [4.78, 5) is 31.4. The van der Waals surface area contributed by atoms with Gasteiger partial charge in [-0.15, -0.1) is 0 Å². The minimum absolute atomic E-state index is 0.280. The Bertz CT molecular complexity index is 1180. The third-order valence-electron chi connectivity index (χ3n) is 6.06. The van der Waals surface area contributed by atoms with Gasteiger partial charge in [-0.1, -0.05) is 5.18 Å². The van der Waals surface area contributed by atoms with Crippen LogP contribution in [0.1, 0.15) is 30.9 Å². The molecule has 166 valence electrons. The van der Waals surface area contributed by atoms with Crippen LogP contribution in [0.2, 0.25) is 0 Å². The largest absolute Gasteiger partial charge is 0.349 e. The van der Waals surface area contributed by atoms with Gasteiger partial charge in [0.25, 0.3) is 0 Å². The number of nitrogens with zero attached hydrogens (tertiary/aromatic N) is 6. The van der Waals surface area contributed by atoms with Crippen LogP contribution >= 0.6 is 0 Å². The van der Waals surface area contributed by atoms with E-state index in [1.807, 2.05) is 4.90 Å². The zero-order valence-corrected chi connectivity index (χ0v) is 17.1. The van der Waals surface area contributed by atoms with E-state index in [9.17, 15) is 18.5 Å². The average molecular weight is 441 g/mol. The molecule has 32 heavy (non-hydrogen) atoms. The Balaban J connectivity index is 1.41. The van der Waals surface area contributed by atoms with E-state index < -0.39 is 11.6 Å². The van der Waals surface area contributed by atoms with Crippen LogP contribution in [0.3, 0.4) is 0 Å². The van der Waals surface area contributed by atoms with Gasteiger partial charge >= 0.3 is 6.03 Å². The molecule has 2 aliphatic rings. The number of nitroso groups, excluding NO2 is 1. The molecule has 11 heteroatoms. The molecule has 3 aromatic rings. The summed E-state index contributed by atoms with van der Waals surface area (Å²) in [7, 11) is 0. The molecule has 2 aliphatic heterocycles. The van der Waals surface area contributed by atoms with Crippen molar-refractivity contribution in [3.05, 3.63) is 58.8 Å². The Kier molecular flexibility index (Phi) is 5.16. The monoisotopic (exact) mass is 441 g/mol. The summed E-state index contributed by atoms with van der Waals surface area (Å²) in [6.45, 7) is 1.38. The fraction of sp³-hybridized carbons (Fsp3) is 0.381. The standard InChI is InChI=1S/C21H21F2N7O2/c22-13-3-4-16(23)15(10-13)18-2-1-7-29(18)19-6-9-30-20(26-19)17(11-24-30)25-21(31)28-8-5-14(12-28)27-32/h3-4,6,9-11,14,18H,1-2,5,7-8,12H2,(H,25,31). The lowest BCUT2D eigenvalue weighted by Crippen LogP contribution is -2.33. The highest BCUT2D eigenvalue weighted by molar-refractivity contribution is 5.93. The number of urea groups is 1. The van der Waals surface area contributed by atoms with Crippen molar-refractivity contribution in [3.63, 3.8) is 0 Å². The molecule has 1 N–H and O–H groups in total. The van der Waals surface area contributed by atoms with Gasteiger partial charge in [-0.05, 0) is 43.5 Å². The first-order valence-electron chi connectivity index (χ1n) is 10.5. The molecular weight excluding hydrogens is 420 g/mol. The molecule has 2 aromatic heterocycles. The van der Waals surface area contributed by atoms with Gasteiger partial charge in [0.05, 0.1) is 12.2 Å². The van der Waals surface area contributed by atoms with Gasteiger partial charge < -0.3 is 15.1 Å². The van der Waals surface area contributed by atoms with Crippen LogP contribution in [0.5, 0.6) is 0 Å². The molecule has 0 bridgehead atoms. The number of carbonyl (C=O) groups is 1. The number of rotatable bonds is 4.